The quantitative estimate of drug-likeness (QED) is 0.333. The highest BCUT2D eigenvalue weighted by atomic mass is 35.5. The molecule has 5 nitrogen and oxygen atoms in total. The summed E-state index contributed by atoms with van der Waals surface area (Å²) in [7, 11) is 0. The molecule has 1 N–H and O–H groups in total. The molecule has 0 aliphatic carbocycles. The second kappa shape index (κ2) is 8.90. The van der Waals surface area contributed by atoms with E-state index in [1.165, 1.54) is 10.6 Å². The topological polar surface area (TPSA) is 63.8 Å². The molecule has 0 radical (unpaired) electrons. The van der Waals surface area contributed by atoms with Gasteiger partial charge in [-0.05, 0) is 48.0 Å². The Kier molecular flexibility index (Phi) is 5.81. The molecule has 0 spiro atoms. The first-order valence-electron chi connectivity index (χ1n) is 9.97. The number of nitrogens with zero attached hydrogens (tertiary/aromatic N) is 2. The zero-order chi connectivity index (χ0) is 22.9. The van der Waals surface area contributed by atoms with Crippen molar-refractivity contribution in [1.29, 1.82) is 0 Å². The van der Waals surface area contributed by atoms with Crippen molar-refractivity contribution >= 4 is 58.1 Å². The molecule has 0 saturated heterocycles. The van der Waals surface area contributed by atoms with Crippen LogP contribution in [0.1, 0.15) is 16.0 Å². The number of hydrogen-bond acceptors (Lipinski definition) is 5. The van der Waals surface area contributed by atoms with Crippen LogP contribution in [0.25, 0.3) is 17.3 Å². The molecule has 8 heteroatoms. The van der Waals surface area contributed by atoms with Crippen molar-refractivity contribution in [1.82, 2.24) is 4.57 Å². The number of halogens is 2. The summed E-state index contributed by atoms with van der Waals surface area (Å²) in [6, 6.07) is 20.3. The number of ether oxygens (including phenoxy) is 1. The van der Waals surface area contributed by atoms with Crippen LogP contribution in [0.5, 0.6) is 11.6 Å². The minimum absolute atomic E-state index is 0.172. The normalized spacial score (nSPS) is 13.5. The fourth-order valence-corrected chi connectivity index (χ4v) is 4.61. The predicted octanol–water partition coefficient (Wildman–Crippen LogP) is 6.75. The van der Waals surface area contributed by atoms with Gasteiger partial charge in [0.05, 0.1) is 26.3 Å². The van der Waals surface area contributed by atoms with E-state index in [4.69, 9.17) is 27.9 Å². The van der Waals surface area contributed by atoms with Crippen LogP contribution < -0.4 is 9.61 Å². The molecule has 33 heavy (non-hydrogen) atoms. The van der Waals surface area contributed by atoms with Crippen LogP contribution in [0.2, 0.25) is 10.0 Å². The molecule has 1 aliphatic rings. The molecule has 0 saturated carbocycles. The molecule has 164 valence electrons. The maximum Gasteiger partial charge on any atom is 0.315 e. The van der Waals surface area contributed by atoms with Crippen LogP contribution in [-0.4, -0.2) is 15.9 Å². The first kappa shape index (κ1) is 21.5. The monoisotopic (exact) mass is 494 g/mol. The highest BCUT2D eigenvalue weighted by Gasteiger charge is 2.19. The second-order valence-electron chi connectivity index (χ2n) is 7.30. The second-order valence-corrected chi connectivity index (χ2v) is 9.11. The van der Waals surface area contributed by atoms with E-state index in [-0.39, 0.29) is 10.8 Å². The maximum atomic E-state index is 12.6. The summed E-state index contributed by atoms with van der Waals surface area (Å²) in [6.07, 6.45) is 3.45. The Morgan fingerprint density at radius 1 is 1.03 bits per heavy atom. The molecule has 4 aromatic rings. The van der Waals surface area contributed by atoms with Crippen LogP contribution in [-0.2, 0) is 6.61 Å². The lowest BCUT2D eigenvalue weighted by Crippen LogP contribution is -2.09. The van der Waals surface area contributed by atoms with Crippen molar-refractivity contribution in [3.05, 3.63) is 102 Å². The molecule has 0 bridgehead atoms. The standard InChI is InChI=1S/C25H16Cl2N2O3S/c26-20-8-6-17(11-21(20)27)29-24(30)23(33-25(29)31)10-16-13-28-22-9-7-18(12-19(16)22)32-14-15-4-2-1-3-5-15/h1-13,30H,14H2. The maximum absolute atomic E-state index is 12.6. The lowest BCUT2D eigenvalue weighted by atomic mass is 10.1. The smallest absolute Gasteiger partial charge is 0.315 e. The number of allylic oxidation sites excluding steroid dienone is 1. The van der Waals surface area contributed by atoms with Crippen molar-refractivity contribution in [2.45, 2.75) is 6.61 Å². The van der Waals surface area contributed by atoms with Gasteiger partial charge in [-0.3, -0.25) is 9.79 Å². The summed E-state index contributed by atoms with van der Waals surface area (Å²) in [6.45, 7) is 0.453. The summed E-state index contributed by atoms with van der Waals surface area (Å²) < 4.78 is 7.13. The predicted molar refractivity (Wildman–Crippen MR) is 135 cm³/mol. The van der Waals surface area contributed by atoms with Crippen molar-refractivity contribution in [3.8, 4) is 17.3 Å². The number of hydrogen-bond donors (Lipinski definition) is 1. The van der Waals surface area contributed by atoms with Gasteiger partial charge < -0.3 is 9.84 Å². The SMILES string of the molecule is O=c1sc(C=C2C=Nc3ccc(OCc4ccccc4)cc32)c(O)n1-c1ccc(Cl)c(Cl)c1. The van der Waals surface area contributed by atoms with Crippen molar-refractivity contribution in [2.24, 2.45) is 4.99 Å². The minimum atomic E-state index is -0.340. The Morgan fingerprint density at radius 2 is 1.85 bits per heavy atom. The molecular formula is C25H16Cl2N2O3S. The fourth-order valence-electron chi connectivity index (χ4n) is 3.48. The third-order valence-electron chi connectivity index (χ3n) is 5.13. The zero-order valence-corrected chi connectivity index (χ0v) is 19.4. The summed E-state index contributed by atoms with van der Waals surface area (Å²) in [5, 5.41) is 11.4. The fraction of sp³-hybridized carbons (Fsp3) is 0.0400. The van der Waals surface area contributed by atoms with Gasteiger partial charge in [0, 0.05) is 17.4 Å². The van der Waals surface area contributed by atoms with Gasteiger partial charge in [-0.15, -0.1) is 0 Å². The van der Waals surface area contributed by atoms with Crippen molar-refractivity contribution < 1.29 is 9.84 Å². The summed E-state index contributed by atoms with van der Waals surface area (Å²) in [5.41, 5.74) is 3.94. The Bertz CT molecular complexity index is 1470. The highest BCUT2D eigenvalue weighted by Crippen LogP contribution is 2.37. The Balaban J connectivity index is 1.45. The number of rotatable bonds is 5. The minimum Gasteiger partial charge on any atom is -0.493 e. The summed E-state index contributed by atoms with van der Waals surface area (Å²) >= 11 is 13.0. The first-order chi connectivity index (χ1) is 16.0. The number of aliphatic imine (C=N–C) groups is 1. The third kappa shape index (κ3) is 4.33. The Labute approximate surface area is 203 Å². The molecule has 0 amide bonds. The Morgan fingerprint density at radius 3 is 2.64 bits per heavy atom. The van der Waals surface area contributed by atoms with E-state index < -0.39 is 0 Å². The number of benzene rings is 3. The number of fused-ring (bicyclic) bond motifs is 1. The highest BCUT2D eigenvalue weighted by molar-refractivity contribution is 7.10. The summed E-state index contributed by atoms with van der Waals surface area (Å²) in [5.74, 6) is 0.536. The van der Waals surface area contributed by atoms with Crippen LogP contribution in [0.4, 0.5) is 5.69 Å². The number of aromatic nitrogens is 1. The van der Waals surface area contributed by atoms with E-state index in [2.05, 4.69) is 4.99 Å². The molecule has 2 heterocycles. The lowest BCUT2D eigenvalue weighted by molar-refractivity contribution is 0.306. The molecule has 0 atom stereocenters. The van der Waals surface area contributed by atoms with Gasteiger partial charge in [0.15, 0.2) is 0 Å². The largest absolute Gasteiger partial charge is 0.493 e. The van der Waals surface area contributed by atoms with Gasteiger partial charge in [0.1, 0.15) is 12.4 Å². The van der Waals surface area contributed by atoms with Crippen molar-refractivity contribution in [3.63, 3.8) is 0 Å². The Hall–Kier alpha value is -3.32. The molecule has 3 aromatic carbocycles. The average molecular weight is 495 g/mol. The van der Waals surface area contributed by atoms with Crippen LogP contribution in [0, 0.1) is 0 Å². The third-order valence-corrected chi connectivity index (χ3v) is 6.75. The van der Waals surface area contributed by atoms with E-state index in [0.29, 0.717) is 33.0 Å². The molecule has 5 rings (SSSR count). The molecule has 0 fully saturated rings. The van der Waals surface area contributed by atoms with Crippen LogP contribution in [0.15, 0.2) is 76.5 Å². The number of thiazole rings is 1. The van der Waals surface area contributed by atoms with Crippen LogP contribution in [0.3, 0.4) is 0 Å². The van der Waals surface area contributed by atoms with Gasteiger partial charge in [-0.2, -0.15) is 0 Å². The van der Waals surface area contributed by atoms with Gasteiger partial charge in [-0.1, -0.05) is 64.9 Å². The van der Waals surface area contributed by atoms with Gasteiger partial charge in [0.25, 0.3) is 0 Å². The van der Waals surface area contributed by atoms with Gasteiger partial charge in [0.2, 0.25) is 5.88 Å². The zero-order valence-electron chi connectivity index (χ0n) is 17.0. The van der Waals surface area contributed by atoms with E-state index in [1.54, 1.807) is 24.4 Å². The average Bonchev–Trinajstić information content (AvgIpc) is 3.34. The number of aromatic hydroxyl groups is 1. The van der Waals surface area contributed by atoms with E-state index >= 15 is 0 Å². The van der Waals surface area contributed by atoms with Crippen LogP contribution >= 0.6 is 34.5 Å². The van der Waals surface area contributed by atoms with Crippen molar-refractivity contribution in [2.75, 3.05) is 0 Å². The summed E-state index contributed by atoms with van der Waals surface area (Å²) in [4.78, 5) is 17.1. The van der Waals surface area contributed by atoms with Gasteiger partial charge in [-0.25, -0.2) is 4.57 Å². The lowest BCUT2D eigenvalue weighted by Gasteiger charge is -2.08. The molecule has 1 aliphatic heterocycles. The van der Waals surface area contributed by atoms with E-state index in [9.17, 15) is 9.90 Å². The van der Waals surface area contributed by atoms with Gasteiger partial charge >= 0.3 is 4.87 Å². The molecular weight excluding hydrogens is 479 g/mol. The first-order valence-corrected chi connectivity index (χ1v) is 11.5. The van der Waals surface area contributed by atoms with E-state index in [1.807, 2.05) is 48.5 Å². The molecule has 1 aromatic heterocycles. The van der Waals surface area contributed by atoms with E-state index in [0.717, 1.165) is 33.7 Å². The molecule has 0 unspecified atom stereocenters.